The zero-order chi connectivity index (χ0) is 19.7. The summed E-state index contributed by atoms with van der Waals surface area (Å²) in [7, 11) is 0. The summed E-state index contributed by atoms with van der Waals surface area (Å²) in [6.07, 6.45) is -2.95. The third-order valence-electron chi connectivity index (χ3n) is 4.05. The molecule has 2 aromatic heterocycles. The molecule has 0 aliphatic carbocycles. The first-order valence-corrected chi connectivity index (χ1v) is 9.23. The fraction of sp³-hybridized carbons (Fsp3) is 0.105. The second-order valence-electron chi connectivity index (χ2n) is 5.99. The number of H-pyrrole nitrogens is 1. The predicted molar refractivity (Wildman–Crippen MR) is 100 cm³/mol. The third kappa shape index (κ3) is 3.65. The smallest absolute Gasteiger partial charge is 0.301 e. The molecule has 0 aliphatic rings. The van der Waals surface area contributed by atoms with Crippen LogP contribution in [0.1, 0.15) is 11.1 Å². The van der Waals surface area contributed by atoms with Crippen molar-refractivity contribution in [2.45, 2.75) is 17.1 Å². The molecule has 0 amide bonds. The molecule has 28 heavy (non-hydrogen) atoms. The molecular formula is C19H13F3N4OS. The summed E-state index contributed by atoms with van der Waals surface area (Å²) in [6.45, 7) is 0. The third-order valence-corrected chi connectivity index (χ3v) is 4.99. The van der Waals surface area contributed by atoms with Crippen LogP contribution in [-0.4, -0.2) is 19.7 Å². The van der Waals surface area contributed by atoms with Gasteiger partial charge >= 0.3 is 6.18 Å². The highest BCUT2D eigenvalue weighted by Crippen LogP contribution is 2.31. The molecule has 2 aromatic carbocycles. The number of halogens is 3. The number of thioether (sulfide) groups is 1. The lowest BCUT2D eigenvalue weighted by atomic mass is 10.1. The second kappa shape index (κ2) is 7.16. The van der Waals surface area contributed by atoms with E-state index in [9.17, 15) is 18.0 Å². The molecule has 0 fully saturated rings. The summed E-state index contributed by atoms with van der Waals surface area (Å²) in [5.74, 6) is 0.234. The average Bonchev–Trinajstić information content (AvgIpc) is 3.11. The summed E-state index contributed by atoms with van der Waals surface area (Å²) in [5, 5.41) is 4.88. The van der Waals surface area contributed by atoms with Crippen molar-refractivity contribution in [2.24, 2.45) is 0 Å². The Morgan fingerprint density at radius 2 is 1.86 bits per heavy atom. The van der Waals surface area contributed by atoms with Gasteiger partial charge in [0.1, 0.15) is 5.39 Å². The van der Waals surface area contributed by atoms with Gasteiger partial charge in [-0.05, 0) is 23.8 Å². The van der Waals surface area contributed by atoms with E-state index in [1.165, 1.54) is 12.3 Å². The van der Waals surface area contributed by atoms with Gasteiger partial charge in [-0.3, -0.25) is 4.79 Å². The van der Waals surface area contributed by atoms with Crippen LogP contribution in [0.15, 0.2) is 70.7 Å². The van der Waals surface area contributed by atoms with Gasteiger partial charge in [-0.2, -0.15) is 18.3 Å². The maximum Gasteiger partial charge on any atom is 0.416 e. The Kier molecular flexibility index (Phi) is 4.68. The fourth-order valence-electron chi connectivity index (χ4n) is 2.71. The van der Waals surface area contributed by atoms with E-state index < -0.39 is 11.7 Å². The van der Waals surface area contributed by atoms with Crippen molar-refractivity contribution in [3.63, 3.8) is 0 Å². The van der Waals surface area contributed by atoms with Crippen LogP contribution in [-0.2, 0) is 11.9 Å². The van der Waals surface area contributed by atoms with E-state index in [0.29, 0.717) is 21.8 Å². The van der Waals surface area contributed by atoms with Crippen LogP contribution in [0.5, 0.6) is 0 Å². The standard InChI is InChI=1S/C19H13F3N4OS/c20-19(21,22)13-6-4-5-12(9-13)11-28-18-24-16-15(17(27)25-18)10-23-26(16)14-7-2-1-3-8-14/h1-10H,11H2,(H,24,25,27). The predicted octanol–water partition coefficient (Wildman–Crippen LogP) is 4.42. The van der Waals surface area contributed by atoms with Gasteiger partial charge in [0.05, 0.1) is 17.4 Å². The summed E-state index contributed by atoms with van der Waals surface area (Å²) in [6, 6.07) is 14.3. The van der Waals surface area contributed by atoms with Gasteiger partial charge in [0.2, 0.25) is 0 Å². The highest BCUT2D eigenvalue weighted by atomic mass is 32.2. The number of aromatic nitrogens is 4. The molecule has 2 heterocycles. The van der Waals surface area contributed by atoms with Gasteiger partial charge in [0.25, 0.3) is 5.56 Å². The van der Waals surface area contributed by atoms with Crippen LogP contribution in [0, 0.1) is 0 Å². The first-order chi connectivity index (χ1) is 13.4. The minimum Gasteiger partial charge on any atom is -0.301 e. The molecule has 142 valence electrons. The van der Waals surface area contributed by atoms with Crippen molar-refractivity contribution in [1.29, 1.82) is 0 Å². The van der Waals surface area contributed by atoms with E-state index in [-0.39, 0.29) is 11.3 Å². The van der Waals surface area contributed by atoms with Crippen molar-refractivity contribution in [2.75, 3.05) is 0 Å². The van der Waals surface area contributed by atoms with Gasteiger partial charge in [-0.15, -0.1) is 0 Å². The first-order valence-electron chi connectivity index (χ1n) is 8.24. The van der Waals surface area contributed by atoms with Crippen molar-refractivity contribution in [3.05, 3.63) is 82.3 Å². The molecule has 0 bridgehead atoms. The summed E-state index contributed by atoms with van der Waals surface area (Å²) in [4.78, 5) is 19.4. The molecule has 0 spiro atoms. The van der Waals surface area contributed by atoms with E-state index >= 15 is 0 Å². The van der Waals surface area contributed by atoms with E-state index in [1.54, 1.807) is 10.7 Å². The fourth-order valence-corrected chi connectivity index (χ4v) is 3.51. The van der Waals surface area contributed by atoms with E-state index in [4.69, 9.17) is 0 Å². The molecule has 0 unspecified atom stereocenters. The molecule has 1 N–H and O–H groups in total. The van der Waals surface area contributed by atoms with E-state index in [2.05, 4.69) is 15.1 Å². The lowest BCUT2D eigenvalue weighted by molar-refractivity contribution is -0.137. The number of hydrogen-bond acceptors (Lipinski definition) is 4. The van der Waals surface area contributed by atoms with Crippen LogP contribution >= 0.6 is 11.8 Å². The van der Waals surface area contributed by atoms with Crippen molar-refractivity contribution in [1.82, 2.24) is 19.7 Å². The molecule has 4 aromatic rings. The summed E-state index contributed by atoms with van der Waals surface area (Å²) >= 11 is 1.15. The van der Waals surface area contributed by atoms with E-state index in [0.717, 1.165) is 29.6 Å². The molecule has 0 aliphatic heterocycles. The number of benzene rings is 2. The highest BCUT2D eigenvalue weighted by Gasteiger charge is 2.30. The van der Waals surface area contributed by atoms with Gasteiger partial charge in [0.15, 0.2) is 10.8 Å². The maximum absolute atomic E-state index is 12.9. The Labute approximate surface area is 161 Å². The van der Waals surface area contributed by atoms with Gasteiger partial charge in [0, 0.05) is 5.75 Å². The molecule has 4 rings (SSSR count). The Balaban J connectivity index is 1.64. The van der Waals surface area contributed by atoms with Crippen molar-refractivity contribution >= 4 is 22.8 Å². The normalized spacial score (nSPS) is 11.8. The minimum absolute atomic E-state index is 0.234. The number of fused-ring (bicyclic) bond motifs is 1. The highest BCUT2D eigenvalue weighted by molar-refractivity contribution is 7.98. The van der Waals surface area contributed by atoms with Crippen LogP contribution < -0.4 is 5.56 Å². The van der Waals surface area contributed by atoms with Crippen LogP contribution in [0.2, 0.25) is 0 Å². The Bertz CT molecular complexity index is 1190. The Morgan fingerprint density at radius 3 is 2.61 bits per heavy atom. The van der Waals surface area contributed by atoms with Gasteiger partial charge in [-0.1, -0.05) is 48.2 Å². The quantitative estimate of drug-likeness (QED) is 0.405. The average molecular weight is 402 g/mol. The first kappa shape index (κ1) is 18.3. The lowest BCUT2D eigenvalue weighted by Crippen LogP contribution is -2.10. The number of nitrogens with zero attached hydrogens (tertiary/aromatic N) is 3. The number of hydrogen-bond donors (Lipinski definition) is 1. The van der Waals surface area contributed by atoms with Crippen molar-refractivity contribution < 1.29 is 13.2 Å². The SMILES string of the molecule is O=c1[nH]c(SCc2cccc(C(F)(F)F)c2)nc2c1cnn2-c1ccccc1. The molecule has 0 saturated carbocycles. The molecule has 0 atom stereocenters. The molecular weight excluding hydrogens is 389 g/mol. The summed E-state index contributed by atoms with van der Waals surface area (Å²) in [5.41, 5.74) is 0.577. The van der Waals surface area contributed by atoms with Crippen molar-refractivity contribution in [3.8, 4) is 5.69 Å². The summed E-state index contributed by atoms with van der Waals surface area (Å²) < 4.78 is 40.1. The number of rotatable bonds is 4. The topological polar surface area (TPSA) is 63.6 Å². The molecule has 5 nitrogen and oxygen atoms in total. The van der Waals surface area contributed by atoms with Gasteiger partial charge in [-0.25, -0.2) is 9.67 Å². The maximum atomic E-state index is 12.9. The number of para-hydroxylation sites is 1. The zero-order valence-corrected chi connectivity index (χ0v) is 15.1. The number of aromatic amines is 1. The van der Waals surface area contributed by atoms with Crippen LogP contribution in [0.3, 0.4) is 0 Å². The lowest BCUT2D eigenvalue weighted by Gasteiger charge is -2.08. The Hall–Kier alpha value is -3.07. The van der Waals surface area contributed by atoms with Gasteiger partial charge < -0.3 is 4.98 Å². The second-order valence-corrected chi connectivity index (χ2v) is 6.95. The minimum atomic E-state index is -4.39. The molecule has 9 heteroatoms. The number of alkyl halides is 3. The zero-order valence-electron chi connectivity index (χ0n) is 14.3. The monoisotopic (exact) mass is 402 g/mol. The Morgan fingerprint density at radius 1 is 1.07 bits per heavy atom. The largest absolute Gasteiger partial charge is 0.416 e. The van der Waals surface area contributed by atoms with Crippen LogP contribution in [0.4, 0.5) is 13.2 Å². The number of nitrogens with one attached hydrogen (secondary N) is 1. The van der Waals surface area contributed by atoms with Crippen LogP contribution in [0.25, 0.3) is 16.7 Å². The van der Waals surface area contributed by atoms with E-state index in [1.807, 2.05) is 30.3 Å². The molecule has 0 radical (unpaired) electrons. The molecule has 0 saturated heterocycles.